The van der Waals surface area contributed by atoms with Crippen LogP contribution in [0.15, 0.2) is 24.3 Å². The van der Waals surface area contributed by atoms with Gasteiger partial charge in [-0.15, -0.1) is 23.5 Å². The number of thioether (sulfide) groups is 2. The van der Waals surface area contributed by atoms with Crippen molar-refractivity contribution in [2.45, 2.75) is 37.3 Å². The molecular weight excluding hydrogens is 302 g/mol. The highest BCUT2D eigenvalue weighted by molar-refractivity contribution is 8.16. The van der Waals surface area contributed by atoms with Gasteiger partial charge in [0.1, 0.15) is 5.75 Å². The third-order valence-corrected chi connectivity index (χ3v) is 6.38. The average molecular weight is 325 g/mol. The van der Waals surface area contributed by atoms with Crippen LogP contribution < -0.4 is 10.1 Å². The highest BCUT2D eigenvalue weighted by Gasteiger charge is 2.16. The molecule has 5 heteroatoms. The first kappa shape index (κ1) is 16.6. The van der Waals surface area contributed by atoms with Gasteiger partial charge in [-0.05, 0) is 49.0 Å². The second-order valence-electron chi connectivity index (χ2n) is 5.16. The molecular formula is C16H23NO2S2. The van der Waals surface area contributed by atoms with Gasteiger partial charge in [-0.2, -0.15) is 0 Å². The van der Waals surface area contributed by atoms with E-state index >= 15 is 0 Å². The van der Waals surface area contributed by atoms with Gasteiger partial charge < -0.3 is 10.1 Å². The van der Waals surface area contributed by atoms with E-state index in [9.17, 15) is 4.79 Å². The van der Waals surface area contributed by atoms with Crippen LogP contribution in [0, 0.1) is 0 Å². The Kier molecular flexibility index (Phi) is 6.77. The summed E-state index contributed by atoms with van der Waals surface area (Å²) in [4.78, 5) is 11.7. The monoisotopic (exact) mass is 325 g/mol. The molecule has 1 atom stereocenters. The van der Waals surface area contributed by atoms with Gasteiger partial charge in [0.05, 0.1) is 4.58 Å². The van der Waals surface area contributed by atoms with Crippen molar-refractivity contribution >= 4 is 29.4 Å². The first-order valence-electron chi connectivity index (χ1n) is 7.44. The molecule has 1 heterocycles. The van der Waals surface area contributed by atoms with Crippen LogP contribution in [-0.2, 0) is 4.79 Å². The highest BCUT2D eigenvalue weighted by Crippen LogP contribution is 2.43. The van der Waals surface area contributed by atoms with Crippen molar-refractivity contribution < 1.29 is 9.53 Å². The quantitative estimate of drug-likeness (QED) is 0.862. The Hall–Kier alpha value is -0.810. The van der Waals surface area contributed by atoms with Crippen LogP contribution in [0.25, 0.3) is 0 Å². The number of carbonyl (C=O) groups excluding carboxylic acids is 1. The zero-order valence-corrected chi connectivity index (χ0v) is 14.3. The first-order valence-corrected chi connectivity index (χ1v) is 9.54. The Balaban J connectivity index is 1.80. The van der Waals surface area contributed by atoms with Gasteiger partial charge in [0.25, 0.3) is 5.91 Å². The number of rotatable bonds is 6. The summed E-state index contributed by atoms with van der Waals surface area (Å²) in [6.07, 6.45) is 2.23. The van der Waals surface area contributed by atoms with Crippen molar-refractivity contribution in [2.75, 3.05) is 18.1 Å². The fourth-order valence-electron chi connectivity index (χ4n) is 1.97. The Morgan fingerprint density at radius 3 is 2.62 bits per heavy atom. The van der Waals surface area contributed by atoms with E-state index in [1.54, 1.807) is 0 Å². The Morgan fingerprint density at radius 2 is 2.00 bits per heavy atom. The summed E-state index contributed by atoms with van der Waals surface area (Å²) in [5.74, 6) is 3.17. The van der Waals surface area contributed by atoms with Crippen molar-refractivity contribution in [3.05, 3.63) is 29.8 Å². The second kappa shape index (κ2) is 8.59. The van der Waals surface area contributed by atoms with Crippen LogP contribution in [0.1, 0.15) is 36.8 Å². The molecule has 1 N–H and O–H groups in total. The number of nitrogens with one attached hydrogen (secondary N) is 1. The van der Waals surface area contributed by atoms with Gasteiger partial charge in [0, 0.05) is 6.04 Å². The molecule has 1 amide bonds. The predicted molar refractivity (Wildman–Crippen MR) is 92.1 cm³/mol. The van der Waals surface area contributed by atoms with Gasteiger partial charge in [-0.1, -0.05) is 19.1 Å². The number of amides is 1. The second-order valence-corrected chi connectivity index (χ2v) is 7.89. The standard InChI is InChI=1S/C16H23NO2S2/c1-3-12(2)17-15(18)11-19-14-7-5-13(6-8-14)16-20-9-4-10-21-16/h5-8,12,16H,3-4,9-11H2,1-2H3,(H,17,18). The molecule has 0 spiro atoms. The van der Waals surface area contributed by atoms with E-state index in [1.165, 1.54) is 23.5 Å². The van der Waals surface area contributed by atoms with E-state index in [0.29, 0.717) is 4.58 Å². The van der Waals surface area contributed by atoms with E-state index in [0.717, 1.165) is 12.2 Å². The number of hydrogen-bond acceptors (Lipinski definition) is 4. The lowest BCUT2D eigenvalue weighted by Gasteiger charge is -2.21. The summed E-state index contributed by atoms with van der Waals surface area (Å²) in [5.41, 5.74) is 1.33. The molecule has 0 radical (unpaired) electrons. The molecule has 116 valence electrons. The lowest BCUT2D eigenvalue weighted by atomic mass is 10.2. The van der Waals surface area contributed by atoms with Crippen LogP contribution in [0.2, 0.25) is 0 Å². The first-order chi connectivity index (χ1) is 10.2. The lowest BCUT2D eigenvalue weighted by Crippen LogP contribution is -2.35. The molecule has 1 saturated heterocycles. The molecule has 1 unspecified atom stereocenters. The third kappa shape index (κ3) is 5.47. The van der Waals surface area contributed by atoms with Gasteiger partial charge in [0.15, 0.2) is 6.61 Å². The van der Waals surface area contributed by atoms with Gasteiger partial charge >= 0.3 is 0 Å². The minimum atomic E-state index is -0.0631. The van der Waals surface area contributed by atoms with Gasteiger partial charge in [0.2, 0.25) is 0 Å². The largest absolute Gasteiger partial charge is 0.484 e. The van der Waals surface area contributed by atoms with Crippen LogP contribution in [0.5, 0.6) is 5.75 Å². The zero-order chi connectivity index (χ0) is 15.1. The summed E-state index contributed by atoms with van der Waals surface area (Å²) in [6, 6.07) is 8.34. The van der Waals surface area contributed by atoms with Crippen LogP contribution >= 0.6 is 23.5 Å². The molecule has 0 aromatic heterocycles. The molecule has 1 aliphatic rings. The van der Waals surface area contributed by atoms with Crippen molar-refractivity contribution in [1.82, 2.24) is 5.32 Å². The lowest BCUT2D eigenvalue weighted by molar-refractivity contribution is -0.123. The summed E-state index contributed by atoms with van der Waals surface area (Å²) >= 11 is 4.02. The molecule has 3 nitrogen and oxygen atoms in total. The van der Waals surface area contributed by atoms with E-state index in [4.69, 9.17) is 4.74 Å². The smallest absolute Gasteiger partial charge is 0.258 e. The van der Waals surface area contributed by atoms with Crippen molar-refractivity contribution in [3.63, 3.8) is 0 Å². The molecule has 1 aromatic rings. The minimum Gasteiger partial charge on any atom is -0.484 e. The molecule has 1 aliphatic heterocycles. The van der Waals surface area contributed by atoms with E-state index < -0.39 is 0 Å². The van der Waals surface area contributed by atoms with E-state index in [1.807, 2.05) is 49.5 Å². The number of ether oxygens (including phenoxy) is 1. The molecule has 1 aromatic carbocycles. The maximum atomic E-state index is 11.7. The summed E-state index contributed by atoms with van der Waals surface area (Å²) < 4.78 is 6.07. The van der Waals surface area contributed by atoms with Crippen molar-refractivity contribution in [3.8, 4) is 5.75 Å². The molecule has 1 fully saturated rings. The van der Waals surface area contributed by atoms with Crippen LogP contribution in [0.4, 0.5) is 0 Å². The zero-order valence-electron chi connectivity index (χ0n) is 12.6. The molecule has 21 heavy (non-hydrogen) atoms. The van der Waals surface area contributed by atoms with Crippen molar-refractivity contribution in [2.24, 2.45) is 0 Å². The van der Waals surface area contributed by atoms with Gasteiger partial charge in [-0.3, -0.25) is 4.79 Å². The topological polar surface area (TPSA) is 38.3 Å². The minimum absolute atomic E-state index is 0.0631. The summed E-state index contributed by atoms with van der Waals surface area (Å²) in [7, 11) is 0. The fourth-order valence-corrected chi connectivity index (χ4v) is 4.86. The van der Waals surface area contributed by atoms with E-state index in [2.05, 4.69) is 17.4 Å². The van der Waals surface area contributed by atoms with Crippen molar-refractivity contribution in [1.29, 1.82) is 0 Å². The Bertz CT molecular complexity index is 444. The Morgan fingerprint density at radius 1 is 1.33 bits per heavy atom. The molecule has 2 rings (SSSR count). The van der Waals surface area contributed by atoms with Gasteiger partial charge in [-0.25, -0.2) is 0 Å². The normalized spacial score (nSPS) is 17.2. The third-order valence-electron chi connectivity index (χ3n) is 3.37. The predicted octanol–water partition coefficient (Wildman–Crippen LogP) is 3.85. The number of benzene rings is 1. The maximum absolute atomic E-state index is 11.7. The number of carbonyl (C=O) groups is 1. The average Bonchev–Trinajstić information content (AvgIpc) is 2.54. The molecule has 0 saturated carbocycles. The van der Waals surface area contributed by atoms with Crippen LogP contribution in [-0.4, -0.2) is 30.1 Å². The Labute approximate surface area is 135 Å². The summed E-state index contributed by atoms with van der Waals surface area (Å²) in [6.45, 7) is 4.12. The fraction of sp³-hybridized carbons (Fsp3) is 0.562. The molecule has 0 aliphatic carbocycles. The SMILES string of the molecule is CCC(C)NC(=O)COc1ccc(C2SCCCS2)cc1. The number of hydrogen-bond donors (Lipinski definition) is 1. The maximum Gasteiger partial charge on any atom is 0.258 e. The van der Waals surface area contributed by atoms with Crippen LogP contribution in [0.3, 0.4) is 0 Å². The van der Waals surface area contributed by atoms with E-state index in [-0.39, 0.29) is 18.6 Å². The summed E-state index contributed by atoms with van der Waals surface area (Å²) in [5, 5.41) is 2.89. The highest BCUT2D eigenvalue weighted by atomic mass is 32.2. The molecule has 0 bridgehead atoms.